The zero-order valence-corrected chi connectivity index (χ0v) is 17.8. The highest BCUT2D eigenvalue weighted by Gasteiger charge is 2.26. The van der Waals surface area contributed by atoms with Crippen molar-refractivity contribution in [2.24, 2.45) is 0 Å². The van der Waals surface area contributed by atoms with E-state index >= 15 is 0 Å². The molecule has 1 fully saturated rings. The SMILES string of the molecule is O=C(Nc1nc2c(s1)CN(C(=O)c1ccccc1I)CC2)NC1CCCC1. The van der Waals surface area contributed by atoms with Gasteiger partial charge in [0, 0.05) is 27.5 Å². The summed E-state index contributed by atoms with van der Waals surface area (Å²) in [5.41, 5.74) is 1.73. The number of halogens is 1. The van der Waals surface area contributed by atoms with E-state index in [2.05, 4.69) is 38.2 Å². The number of urea groups is 1. The van der Waals surface area contributed by atoms with E-state index in [1.165, 1.54) is 24.2 Å². The monoisotopic (exact) mass is 496 g/mol. The molecule has 4 rings (SSSR count). The van der Waals surface area contributed by atoms with E-state index in [1.807, 2.05) is 29.2 Å². The van der Waals surface area contributed by atoms with Gasteiger partial charge in [0.25, 0.3) is 5.91 Å². The molecule has 2 aliphatic rings. The maximum atomic E-state index is 12.8. The van der Waals surface area contributed by atoms with Crippen molar-refractivity contribution in [1.29, 1.82) is 0 Å². The molecule has 8 heteroatoms. The summed E-state index contributed by atoms with van der Waals surface area (Å²) < 4.78 is 0.959. The molecule has 6 nitrogen and oxygen atoms in total. The second-order valence-electron chi connectivity index (χ2n) is 6.93. The van der Waals surface area contributed by atoms with Gasteiger partial charge >= 0.3 is 6.03 Å². The molecule has 1 saturated carbocycles. The molecule has 0 radical (unpaired) electrons. The van der Waals surface area contributed by atoms with Crippen LogP contribution in [0.2, 0.25) is 0 Å². The molecule has 0 bridgehead atoms. The fourth-order valence-corrected chi connectivity index (χ4v) is 5.25. The highest BCUT2D eigenvalue weighted by atomic mass is 127. The summed E-state index contributed by atoms with van der Waals surface area (Å²) in [7, 11) is 0. The quantitative estimate of drug-likeness (QED) is 0.631. The Labute approximate surface area is 175 Å². The van der Waals surface area contributed by atoms with Crippen molar-refractivity contribution < 1.29 is 9.59 Å². The normalized spacial score (nSPS) is 16.9. The summed E-state index contributed by atoms with van der Waals surface area (Å²) in [6, 6.07) is 7.74. The van der Waals surface area contributed by atoms with Crippen LogP contribution < -0.4 is 10.6 Å². The van der Waals surface area contributed by atoms with Gasteiger partial charge in [0.2, 0.25) is 0 Å². The van der Waals surface area contributed by atoms with Gasteiger partial charge in [0.1, 0.15) is 0 Å². The minimum atomic E-state index is -0.181. The Hall–Kier alpha value is -1.68. The van der Waals surface area contributed by atoms with E-state index in [0.717, 1.165) is 32.5 Å². The number of nitrogens with zero attached hydrogens (tertiary/aromatic N) is 2. The van der Waals surface area contributed by atoms with Gasteiger partial charge < -0.3 is 10.2 Å². The van der Waals surface area contributed by atoms with Crippen LogP contribution in [-0.4, -0.2) is 34.4 Å². The van der Waals surface area contributed by atoms with Gasteiger partial charge in [-0.1, -0.05) is 36.3 Å². The lowest BCUT2D eigenvalue weighted by Gasteiger charge is -2.26. The number of rotatable bonds is 3. The highest BCUT2D eigenvalue weighted by Crippen LogP contribution is 2.29. The van der Waals surface area contributed by atoms with Crippen molar-refractivity contribution >= 4 is 51.0 Å². The lowest BCUT2D eigenvalue weighted by Crippen LogP contribution is -2.36. The zero-order chi connectivity index (χ0) is 18.8. The van der Waals surface area contributed by atoms with Crippen LogP contribution >= 0.6 is 33.9 Å². The third-order valence-electron chi connectivity index (χ3n) is 5.03. The van der Waals surface area contributed by atoms with Gasteiger partial charge in [0.15, 0.2) is 5.13 Å². The largest absolute Gasteiger partial charge is 0.335 e. The van der Waals surface area contributed by atoms with Crippen molar-refractivity contribution in [2.45, 2.75) is 44.7 Å². The molecule has 142 valence electrons. The molecular weight excluding hydrogens is 475 g/mol. The maximum Gasteiger partial charge on any atom is 0.321 e. The van der Waals surface area contributed by atoms with Crippen LogP contribution in [0.1, 0.15) is 46.6 Å². The van der Waals surface area contributed by atoms with Crippen LogP contribution in [0.25, 0.3) is 0 Å². The summed E-state index contributed by atoms with van der Waals surface area (Å²) in [6.07, 6.45) is 5.18. The molecule has 1 aromatic carbocycles. The minimum absolute atomic E-state index is 0.0486. The Bertz CT molecular complexity index is 863. The van der Waals surface area contributed by atoms with Crippen molar-refractivity contribution in [3.8, 4) is 0 Å². The van der Waals surface area contributed by atoms with Crippen LogP contribution in [-0.2, 0) is 13.0 Å². The van der Waals surface area contributed by atoms with E-state index in [1.54, 1.807) is 0 Å². The standard InChI is InChI=1S/C19H21IN4O2S/c20-14-8-4-3-7-13(14)17(25)24-10-9-15-16(11-24)27-19(22-15)23-18(26)21-12-5-1-2-6-12/h3-4,7-8,12H,1-2,5-6,9-11H2,(H2,21,22,23,26). The van der Waals surface area contributed by atoms with E-state index < -0.39 is 0 Å². The minimum Gasteiger partial charge on any atom is -0.335 e. The molecule has 27 heavy (non-hydrogen) atoms. The molecular formula is C19H21IN4O2S. The van der Waals surface area contributed by atoms with Gasteiger partial charge in [-0.05, 0) is 47.6 Å². The van der Waals surface area contributed by atoms with Gasteiger partial charge in [0.05, 0.1) is 17.8 Å². The molecule has 2 N–H and O–H groups in total. The molecule has 2 heterocycles. The predicted molar refractivity (Wildman–Crippen MR) is 114 cm³/mol. The molecule has 0 unspecified atom stereocenters. The number of hydrogen-bond donors (Lipinski definition) is 2. The number of anilines is 1. The third-order valence-corrected chi connectivity index (χ3v) is 6.97. The number of carbonyl (C=O) groups is 2. The van der Waals surface area contributed by atoms with Gasteiger partial charge in [-0.2, -0.15) is 0 Å². The third kappa shape index (κ3) is 4.26. The Kier molecular flexibility index (Phi) is 5.63. The fraction of sp³-hybridized carbons (Fsp3) is 0.421. The molecule has 0 saturated heterocycles. The van der Waals surface area contributed by atoms with Crippen molar-refractivity contribution in [2.75, 3.05) is 11.9 Å². The Balaban J connectivity index is 1.40. The number of benzene rings is 1. The van der Waals surface area contributed by atoms with E-state index in [-0.39, 0.29) is 18.0 Å². The molecule has 2 aromatic rings. The smallest absolute Gasteiger partial charge is 0.321 e. The second kappa shape index (κ2) is 8.14. The number of amides is 3. The number of carbonyl (C=O) groups excluding carboxylic acids is 2. The number of thiazole rings is 1. The van der Waals surface area contributed by atoms with E-state index in [4.69, 9.17) is 0 Å². The summed E-state index contributed by atoms with van der Waals surface area (Å²) >= 11 is 3.66. The Morgan fingerprint density at radius 3 is 2.78 bits per heavy atom. The molecule has 1 aliphatic carbocycles. The zero-order valence-electron chi connectivity index (χ0n) is 14.8. The van der Waals surface area contributed by atoms with Crippen LogP contribution in [0.4, 0.5) is 9.93 Å². The average molecular weight is 496 g/mol. The Morgan fingerprint density at radius 1 is 1.22 bits per heavy atom. The maximum absolute atomic E-state index is 12.8. The van der Waals surface area contributed by atoms with Crippen molar-refractivity contribution in [3.63, 3.8) is 0 Å². The first kappa shape index (κ1) is 18.7. The Morgan fingerprint density at radius 2 is 2.00 bits per heavy atom. The first-order valence-corrected chi connectivity index (χ1v) is 11.1. The summed E-state index contributed by atoms with van der Waals surface area (Å²) in [5.74, 6) is 0.0486. The van der Waals surface area contributed by atoms with Gasteiger partial charge in [-0.25, -0.2) is 9.78 Å². The number of aromatic nitrogens is 1. The second-order valence-corrected chi connectivity index (χ2v) is 9.17. The first-order valence-electron chi connectivity index (χ1n) is 9.20. The molecule has 1 aliphatic heterocycles. The van der Waals surface area contributed by atoms with Crippen molar-refractivity contribution in [3.05, 3.63) is 44.0 Å². The van der Waals surface area contributed by atoms with Gasteiger partial charge in [-0.3, -0.25) is 10.1 Å². The van der Waals surface area contributed by atoms with Crippen molar-refractivity contribution in [1.82, 2.24) is 15.2 Å². The molecule has 1 aromatic heterocycles. The summed E-state index contributed by atoms with van der Waals surface area (Å²) in [6.45, 7) is 1.19. The molecule has 0 atom stereocenters. The van der Waals surface area contributed by atoms with Crippen LogP contribution in [0.3, 0.4) is 0 Å². The van der Waals surface area contributed by atoms with Crippen LogP contribution in [0, 0.1) is 3.57 Å². The lowest BCUT2D eigenvalue weighted by molar-refractivity contribution is 0.0735. The first-order chi connectivity index (χ1) is 13.1. The molecule has 3 amide bonds. The predicted octanol–water partition coefficient (Wildman–Crippen LogP) is 4.01. The van der Waals surface area contributed by atoms with Crippen LogP contribution in [0.15, 0.2) is 24.3 Å². The van der Waals surface area contributed by atoms with Crippen LogP contribution in [0.5, 0.6) is 0 Å². The fourth-order valence-electron chi connectivity index (χ4n) is 3.62. The number of fused-ring (bicyclic) bond motifs is 1. The number of nitrogens with one attached hydrogen (secondary N) is 2. The topological polar surface area (TPSA) is 74.3 Å². The summed E-state index contributed by atoms with van der Waals surface area (Å²) in [5, 5.41) is 6.49. The number of hydrogen-bond acceptors (Lipinski definition) is 4. The lowest BCUT2D eigenvalue weighted by atomic mass is 10.1. The highest BCUT2D eigenvalue weighted by molar-refractivity contribution is 14.1. The van der Waals surface area contributed by atoms with Gasteiger partial charge in [-0.15, -0.1) is 0 Å². The molecule has 0 spiro atoms. The van der Waals surface area contributed by atoms with E-state index in [0.29, 0.717) is 24.6 Å². The summed E-state index contributed by atoms with van der Waals surface area (Å²) in [4.78, 5) is 32.5. The van der Waals surface area contributed by atoms with E-state index in [9.17, 15) is 9.59 Å². The average Bonchev–Trinajstić information content (AvgIpc) is 3.29.